The van der Waals surface area contributed by atoms with Gasteiger partial charge in [0.1, 0.15) is 5.82 Å². The first-order valence-electron chi connectivity index (χ1n) is 11.8. The number of benzene rings is 3. The maximum atomic E-state index is 13.2. The van der Waals surface area contributed by atoms with Gasteiger partial charge >= 0.3 is 0 Å². The zero-order chi connectivity index (χ0) is 26.9. The Morgan fingerprint density at radius 2 is 1.24 bits per heavy atom. The lowest BCUT2D eigenvalue weighted by atomic mass is 10.0. The minimum absolute atomic E-state index is 0.117. The molecule has 37 heavy (non-hydrogen) atoms. The second-order valence-electron chi connectivity index (χ2n) is 9.10. The monoisotopic (exact) mass is 500 g/mol. The Kier molecular flexibility index (Phi) is 7.11. The molecule has 1 aromatic heterocycles. The fraction of sp³-hybridized carbons (Fsp3) is 0.241. The van der Waals surface area contributed by atoms with E-state index in [1.54, 1.807) is 16.7 Å². The molecule has 0 aliphatic heterocycles. The van der Waals surface area contributed by atoms with Gasteiger partial charge in [-0.25, -0.2) is 4.98 Å². The average Bonchev–Trinajstić information content (AvgIpc) is 3.30. The molecule has 0 unspecified atom stereocenters. The molecule has 192 valence electrons. The molecular formula is C29H32N4O4. The van der Waals surface area contributed by atoms with Gasteiger partial charge in [0.05, 0.1) is 25.6 Å². The first-order valence-corrected chi connectivity index (χ1v) is 11.8. The topological polar surface area (TPSA) is 80.1 Å². The van der Waals surface area contributed by atoms with E-state index in [-0.39, 0.29) is 23.2 Å². The summed E-state index contributed by atoms with van der Waals surface area (Å²) < 4.78 is 12.3. The van der Waals surface area contributed by atoms with E-state index in [0.29, 0.717) is 22.8 Å². The van der Waals surface area contributed by atoms with E-state index < -0.39 is 0 Å². The Morgan fingerprint density at radius 1 is 0.784 bits per heavy atom. The molecule has 0 fully saturated rings. The van der Waals surface area contributed by atoms with Crippen LogP contribution in [-0.4, -0.2) is 63.0 Å². The van der Waals surface area contributed by atoms with Crippen molar-refractivity contribution in [1.29, 1.82) is 0 Å². The zero-order valence-electron chi connectivity index (χ0n) is 22.2. The van der Waals surface area contributed by atoms with Crippen molar-refractivity contribution in [2.45, 2.75) is 6.92 Å². The molecule has 0 saturated heterocycles. The maximum Gasteiger partial charge on any atom is 0.229 e. The predicted molar refractivity (Wildman–Crippen MR) is 148 cm³/mol. The SMILES string of the molecule is COc1cc(-c2nc(-c3ccc(N(C)C)cc3)c(-c3ccc(N(C)C)cc3)n2C(C)=O)cc(OC)c1O. The molecule has 0 atom stereocenters. The Morgan fingerprint density at radius 3 is 1.65 bits per heavy atom. The number of anilines is 2. The number of phenolic OH excluding ortho intramolecular Hbond substituents is 1. The van der Waals surface area contributed by atoms with E-state index in [9.17, 15) is 9.90 Å². The van der Waals surface area contributed by atoms with Crippen molar-refractivity contribution >= 4 is 17.3 Å². The zero-order valence-corrected chi connectivity index (χ0v) is 22.2. The van der Waals surface area contributed by atoms with Crippen LogP contribution in [0.15, 0.2) is 60.7 Å². The van der Waals surface area contributed by atoms with Crippen molar-refractivity contribution in [3.8, 4) is 51.2 Å². The van der Waals surface area contributed by atoms with Crippen LogP contribution in [0.1, 0.15) is 11.7 Å². The number of carbonyl (C=O) groups excluding carboxylic acids is 1. The number of hydrogen-bond donors (Lipinski definition) is 1. The molecule has 4 rings (SSSR count). The normalized spacial score (nSPS) is 10.8. The third-order valence-electron chi connectivity index (χ3n) is 6.24. The van der Waals surface area contributed by atoms with Crippen LogP contribution < -0.4 is 19.3 Å². The number of imidazole rings is 1. The van der Waals surface area contributed by atoms with Gasteiger partial charge in [0, 0.05) is 63.2 Å². The van der Waals surface area contributed by atoms with Crippen molar-refractivity contribution in [2.75, 3.05) is 52.2 Å². The molecule has 0 aliphatic rings. The van der Waals surface area contributed by atoms with Crippen molar-refractivity contribution in [2.24, 2.45) is 0 Å². The standard InChI is InChI=1S/C29H32N4O4/c1-18(34)33-27(20-10-14-23(15-11-20)32(4)5)26(19-8-12-22(13-9-19)31(2)3)30-29(33)21-16-24(36-6)28(35)25(17-21)37-7/h8-17,35H,1-7H3. The van der Waals surface area contributed by atoms with Gasteiger partial charge < -0.3 is 24.4 Å². The highest BCUT2D eigenvalue weighted by Crippen LogP contribution is 2.43. The molecule has 1 N–H and O–H groups in total. The minimum atomic E-state index is -0.198. The summed E-state index contributed by atoms with van der Waals surface area (Å²) >= 11 is 0. The van der Waals surface area contributed by atoms with Gasteiger partial charge in [0.2, 0.25) is 11.7 Å². The number of phenols is 1. The molecule has 0 aliphatic carbocycles. The summed E-state index contributed by atoms with van der Waals surface area (Å²) in [5.41, 5.74) is 5.74. The Labute approximate surface area is 217 Å². The highest BCUT2D eigenvalue weighted by molar-refractivity contribution is 5.93. The largest absolute Gasteiger partial charge is 0.502 e. The first-order chi connectivity index (χ1) is 17.7. The van der Waals surface area contributed by atoms with Gasteiger partial charge in [-0.05, 0) is 36.4 Å². The fourth-order valence-corrected chi connectivity index (χ4v) is 4.25. The Bertz CT molecular complexity index is 1400. The number of nitrogens with zero attached hydrogens (tertiary/aromatic N) is 4. The molecule has 4 aromatic rings. The molecule has 3 aromatic carbocycles. The molecule has 0 spiro atoms. The van der Waals surface area contributed by atoms with E-state index >= 15 is 0 Å². The summed E-state index contributed by atoms with van der Waals surface area (Å²) in [6.07, 6.45) is 0. The third-order valence-corrected chi connectivity index (χ3v) is 6.24. The summed E-state index contributed by atoms with van der Waals surface area (Å²) in [7, 11) is 10.9. The summed E-state index contributed by atoms with van der Waals surface area (Å²) in [4.78, 5) is 22.2. The summed E-state index contributed by atoms with van der Waals surface area (Å²) in [6.45, 7) is 1.51. The van der Waals surface area contributed by atoms with Crippen LogP contribution in [0.2, 0.25) is 0 Å². The molecule has 0 radical (unpaired) electrons. The van der Waals surface area contributed by atoms with Crippen LogP contribution in [0.25, 0.3) is 33.9 Å². The van der Waals surface area contributed by atoms with Crippen LogP contribution in [0.4, 0.5) is 11.4 Å². The number of ether oxygens (including phenoxy) is 2. The second kappa shape index (κ2) is 10.3. The lowest BCUT2D eigenvalue weighted by molar-refractivity contribution is 0.0940. The van der Waals surface area contributed by atoms with Gasteiger partial charge in [-0.2, -0.15) is 0 Å². The van der Waals surface area contributed by atoms with Crippen molar-refractivity contribution < 1.29 is 19.4 Å². The fourth-order valence-electron chi connectivity index (χ4n) is 4.25. The van der Waals surface area contributed by atoms with Crippen LogP contribution in [0.3, 0.4) is 0 Å². The molecule has 1 heterocycles. The Hall–Kier alpha value is -4.46. The van der Waals surface area contributed by atoms with E-state index in [0.717, 1.165) is 22.5 Å². The van der Waals surface area contributed by atoms with E-state index in [2.05, 4.69) is 0 Å². The van der Waals surface area contributed by atoms with Crippen molar-refractivity contribution in [3.05, 3.63) is 60.7 Å². The number of methoxy groups -OCH3 is 2. The summed E-state index contributed by atoms with van der Waals surface area (Å²) in [5.74, 6) is 0.551. The van der Waals surface area contributed by atoms with Crippen LogP contribution in [0, 0.1) is 0 Å². The summed E-state index contributed by atoms with van der Waals surface area (Å²) in [5, 5.41) is 10.4. The smallest absolute Gasteiger partial charge is 0.229 e. The molecule has 8 heteroatoms. The van der Waals surface area contributed by atoms with E-state index in [1.807, 2.05) is 86.5 Å². The number of rotatable bonds is 7. The van der Waals surface area contributed by atoms with Gasteiger partial charge in [0.15, 0.2) is 11.5 Å². The van der Waals surface area contributed by atoms with E-state index in [1.165, 1.54) is 21.1 Å². The second-order valence-corrected chi connectivity index (χ2v) is 9.10. The maximum absolute atomic E-state index is 13.2. The third kappa shape index (κ3) is 4.82. The molecule has 0 bridgehead atoms. The minimum Gasteiger partial charge on any atom is -0.502 e. The van der Waals surface area contributed by atoms with Gasteiger partial charge in [0.25, 0.3) is 0 Å². The predicted octanol–water partition coefficient (Wildman–Crippen LogP) is 5.40. The van der Waals surface area contributed by atoms with Crippen molar-refractivity contribution in [3.63, 3.8) is 0 Å². The highest BCUT2D eigenvalue weighted by Gasteiger charge is 2.25. The highest BCUT2D eigenvalue weighted by atomic mass is 16.5. The number of aromatic hydroxyl groups is 1. The average molecular weight is 501 g/mol. The van der Waals surface area contributed by atoms with Gasteiger partial charge in [-0.1, -0.05) is 24.3 Å². The molecule has 8 nitrogen and oxygen atoms in total. The summed E-state index contributed by atoms with van der Waals surface area (Å²) in [6, 6.07) is 19.4. The Balaban J connectivity index is 2.03. The number of aromatic nitrogens is 2. The first kappa shape index (κ1) is 25.6. The van der Waals surface area contributed by atoms with Gasteiger partial charge in [-0.3, -0.25) is 9.36 Å². The van der Waals surface area contributed by atoms with Crippen LogP contribution >= 0.6 is 0 Å². The van der Waals surface area contributed by atoms with Crippen LogP contribution in [-0.2, 0) is 0 Å². The lowest BCUT2D eigenvalue weighted by Gasteiger charge is -2.15. The van der Waals surface area contributed by atoms with Crippen molar-refractivity contribution in [1.82, 2.24) is 9.55 Å². The molecule has 0 saturated carbocycles. The molecular weight excluding hydrogens is 468 g/mol. The number of hydrogen-bond acceptors (Lipinski definition) is 7. The molecule has 0 amide bonds. The number of carbonyl (C=O) groups is 1. The van der Waals surface area contributed by atoms with Crippen LogP contribution in [0.5, 0.6) is 17.2 Å². The lowest BCUT2D eigenvalue weighted by Crippen LogP contribution is -2.10. The van der Waals surface area contributed by atoms with Gasteiger partial charge in [-0.15, -0.1) is 0 Å². The van der Waals surface area contributed by atoms with E-state index in [4.69, 9.17) is 14.5 Å². The quantitative estimate of drug-likeness (QED) is 0.364.